The van der Waals surface area contributed by atoms with Gasteiger partial charge in [0.15, 0.2) is 12.7 Å². The minimum Gasteiger partial charge on any atom is -0.482 e. The molecule has 2 aromatic carbocycles. The molecular weight excluding hydrogens is 362 g/mol. The van der Waals surface area contributed by atoms with Crippen molar-refractivity contribution in [3.05, 3.63) is 54.1 Å². The lowest BCUT2D eigenvalue weighted by Crippen LogP contribution is -2.31. The lowest BCUT2D eigenvalue weighted by atomic mass is 10.2. The highest BCUT2D eigenvalue weighted by Gasteiger charge is 2.18. The highest BCUT2D eigenvalue weighted by Crippen LogP contribution is 2.14. The fourth-order valence-electron chi connectivity index (χ4n) is 2.14. The highest BCUT2D eigenvalue weighted by atomic mass is 16.6. The van der Waals surface area contributed by atoms with Crippen molar-refractivity contribution in [1.82, 2.24) is 0 Å². The smallest absolute Gasteiger partial charge is 0.344 e. The fraction of sp³-hybridized carbons (Fsp3) is 0.200. The number of hydrogen-bond acceptors (Lipinski definition) is 6. The molecule has 1 atom stereocenters. The van der Waals surface area contributed by atoms with Crippen LogP contribution in [0.25, 0.3) is 0 Å². The van der Waals surface area contributed by atoms with E-state index in [2.05, 4.69) is 10.6 Å². The van der Waals surface area contributed by atoms with E-state index in [-0.39, 0.29) is 12.5 Å². The number of nitriles is 1. The monoisotopic (exact) mass is 381 g/mol. The molecule has 0 heterocycles. The van der Waals surface area contributed by atoms with Gasteiger partial charge >= 0.3 is 5.97 Å². The Labute approximate surface area is 162 Å². The molecule has 0 fully saturated rings. The predicted octanol–water partition coefficient (Wildman–Crippen LogP) is 2.47. The number of carbonyl (C=O) groups is 3. The highest BCUT2D eigenvalue weighted by molar-refractivity contribution is 5.95. The van der Waals surface area contributed by atoms with E-state index in [1.165, 1.54) is 13.8 Å². The van der Waals surface area contributed by atoms with Crippen LogP contribution in [-0.4, -0.2) is 30.5 Å². The van der Waals surface area contributed by atoms with Gasteiger partial charge in [-0.3, -0.25) is 9.59 Å². The summed E-state index contributed by atoms with van der Waals surface area (Å²) in [5.41, 5.74) is 1.58. The normalized spacial score (nSPS) is 10.9. The van der Waals surface area contributed by atoms with Crippen molar-refractivity contribution in [2.45, 2.75) is 20.0 Å². The molecule has 8 nitrogen and oxygen atoms in total. The molecule has 28 heavy (non-hydrogen) atoms. The molecule has 0 radical (unpaired) electrons. The number of ether oxygens (including phenoxy) is 2. The van der Waals surface area contributed by atoms with E-state index in [1.807, 2.05) is 6.07 Å². The molecule has 0 aliphatic rings. The van der Waals surface area contributed by atoms with Crippen molar-refractivity contribution in [1.29, 1.82) is 5.26 Å². The van der Waals surface area contributed by atoms with Gasteiger partial charge < -0.3 is 20.1 Å². The quantitative estimate of drug-likeness (QED) is 0.712. The van der Waals surface area contributed by atoms with Crippen LogP contribution in [0.5, 0.6) is 5.75 Å². The second kappa shape index (κ2) is 9.73. The van der Waals surface area contributed by atoms with Gasteiger partial charge in [0.25, 0.3) is 5.91 Å². The van der Waals surface area contributed by atoms with Gasteiger partial charge in [0.2, 0.25) is 5.91 Å². The molecule has 0 spiro atoms. The molecule has 0 saturated carbocycles. The topological polar surface area (TPSA) is 118 Å². The van der Waals surface area contributed by atoms with Crippen LogP contribution in [0.15, 0.2) is 48.5 Å². The minimum absolute atomic E-state index is 0.194. The van der Waals surface area contributed by atoms with Crippen LogP contribution in [0.3, 0.4) is 0 Å². The van der Waals surface area contributed by atoms with Gasteiger partial charge in [-0.1, -0.05) is 0 Å². The Morgan fingerprint density at radius 1 is 1.00 bits per heavy atom. The number of esters is 1. The lowest BCUT2D eigenvalue weighted by molar-refractivity contribution is -0.155. The molecule has 0 aliphatic carbocycles. The minimum atomic E-state index is -1.02. The van der Waals surface area contributed by atoms with Crippen molar-refractivity contribution in [3.8, 4) is 11.8 Å². The van der Waals surface area contributed by atoms with Gasteiger partial charge in [0, 0.05) is 18.3 Å². The third-order valence-electron chi connectivity index (χ3n) is 3.49. The molecule has 2 aromatic rings. The average Bonchev–Trinajstić information content (AvgIpc) is 2.67. The summed E-state index contributed by atoms with van der Waals surface area (Å²) in [5, 5.41) is 14.0. The number of rotatable bonds is 7. The average molecular weight is 381 g/mol. The van der Waals surface area contributed by atoms with Gasteiger partial charge in [-0.15, -0.1) is 0 Å². The third kappa shape index (κ3) is 6.46. The molecule has 8 heteroatoms. The molecule has 0 unspecified atom stereocenters. The second-order valence-corrected chi connectivity index (χ2v) is 5.80. The SMILES string of the molecule is CC(=O)Nc1ccc(NC(=O)[C@@H](C)OC(=O)COc2ccc(C#N)cc2)cc1. The number of amides is 2. The maximum absolute atomic E-state index is 12.1. The number of benzene rings is 2. The van der Waals surface area contributed by atoms with Crippen LogP contribution in [0.4, 0.5) is 11.4 Å². The van der Waals surface area contributed by atoms with Crippen LogP contribution in [0, 0.1) is 11.3 Å². The fourth-order valence-corrected chi connectivity index (χ4v) is 2.14. The first kappa shape index (κ1) is 20.5. The van der Waals surface area contributed by atoms with E-state index in [4.69, 9.17) is 14.7 Å². The maximum Gasteiger partial charge on any atom is 0.344 e. The molecule has 0 aliphatic heterocycles. The zero-order valence-electron chi connectivity index (χ0n) is 15.4. The lowest BCUT2D eigenvalue weighted by Gasteiger charge is -2.14. The zero-order chi connectivity index (χ0) is 20.5. The Bertz CT molecular complexity index is 886. The number of nitrogens with one attached hydrogen (secondary N) is 2. The summed E-state index contributed by atoms with van der Waals surface area (Å²) in [6, 6.07) is 14.7. The Kier molecular flexibility index (Phi) is 7.11. The van der Waals surface area contributed by atoms with Crippen LogP contribution in [-0.2, 0) is 19.1 Å². The molecule has 0 bridgehead atoms. The molecule has 0 aromatic heterocycles. The standard InChI is InChI=1S/C20H19N3O5/c1-13(20(26)23-17-7-5-16(6-8-17)22-14(2)24)28-19(25)12-27-18-9-3-15(11-21)4-10-18/h3-10,13H,12H2,1-2H3,(H,22,24)(H,23,26)/t13-/m1/s1. The number of hydrogen-bond donors (Lipinski definition) is 2. The Hall–Kier alpha value is -3.86. The predicted molar refractivity (Wildman–Crippen MR) is 102 cm³/mol. The molecule has 2 N–H and O–H groups in total. The summed E-state index contributed by atoms with van der Waals surface area (Å²) in [5.74, 6) is -0.986. The van der Waals surface area contributed by atoms with Crippen molar-refractivity contribution < 1.29 is 23.9 Å². The van der Waals surface area contributed by atoms with Crippen LogP contribution < -0.4 is 15.4 Å². The summed E-state index contributed by atoms with van der Waals surface area (Å²) in [6.07, 6.45) is -1.02. The molecule has 2 amide bonds. The van der Waals surface area contributed by atoms with E-state index in [0.29, 0.717) is 22.7 Å². The molecular formula is C20H19N3O5. The van der Waals surface area contributed by atoms with Gasteiger partial charge in [-0.05, 0) is 55.5 Å². The van der Waals surface area contributed by atoms with Crippen LogP contribution >= 0.6 is 0 Å². The van der Waals surface area contributed by atoms with E-state index < -0.39 is 18.0 Å². The van der Waals surface area contributed by atoms with Crippen molar-refractivity contribution in [2.75, 3.05) is 17.2 Å². The number of nitrogens with zero attached hydrogens (tertiary/aromatic N) is 1. The maximum atomic E-state index is 12.1. The second-order valence-electron chi connectivity index (χ2n) is 5.80. The largest absolute Gasteiger partial charge is 0.482 e. The van der Waals surface area contributed by atoms with E-state index in [0.717, 1.165) is 0 Å². The molecule has 144 valence electrons. The third-order valence-corrected chi connectivity index (χ3v) is 3.49. The Morgan fingerprint density at radius 3 is 2.11 bits per heavy atom. The van der Waals surface area contributed by atoms with Gasteiger partial charge in [0.05, 0.1) is 11.6 Å². The number of carbonyl (C=O) groups excluding carboxylic acids is 3. The van der Waals surface area contributed by atoms with Gasteiger partial charge in [-0.2, -0.15) is 5.26 Å². The van der Waals surface area contributed by atoms with Crippen molar-refractivity contribution >= 4 is 29.2 Å². The molecule has 2 rings (SSSR count). The summed E-state index contributed by atoms with van der Waals surface area (Å²) in [4.78, 5) is 34.9. The Balaban J connectivity index is 1.79. The van der Waals surface area contributed by atoms with Gasteiger partial charge in [0.1, 0.15) is 5.75 Å². The van der Waals surface area contributed by atoms with Crippen molar-refractivity contribution in [2.24, 2.45) is 0 Å². The summed E-state index contributed by atoms with van der Waals surface area (Å²) in [6.45, 7) is 2.48. The Morgan fingerprint density at radius 2 is 1.57 bits per heavy atom. The summed E-state index contributed by atoms with van der Waals surface area (Å²) in [7, 11) is 0. The van der Waals surface area contributed by atoms with Crippen LogP contribution in [0.1, 0.15) is 19.4 Å². The van der Waals surface area contributed by atoms with Crippen molar-refractivity contribution in [3.63, 3.8) is 0 Å². The van der Waals surface area contributed by atoms with E-state index in [9.17, 15) is 14.4 Å². The first-order chi connectivity index (χ1) is 13.4. The van der Waals surface area contributed by atoms with E-state index in [1.54, 1.807) is 48.5 Å². The first-order valence-electron chi connectivity index (χ1n) is 8.38. The molecule has 0 saturated heterocycles. The summed E-state index contributed by atoms with van der Waals surface area (Å²) >= 11 is 0. The van der Waals surface area contributed by atoms with E-state index >= 15 is 0 Å². The van der Waals surface area contributed by atoms with Crippen LogP contribution in [0.2, 0.25) is 0 Å². The van der Waals surface area contributed by atoms with Gasteiger partial charge in [-0.25, -0.2) is 4.79 Å². The number of anilines is 2. The zero-order valence-corrected chi connectivity index (χ0v) is 15.4. The first-order valence-corrected chi connectivity index (χ1v) is 8.38. The summed E-state index contributed by atoms with van der Waals surface area (Å²) < 4.78 is 10.3.